The van der Waals surface area contributed by atoms with E-state index in [1.807, 2.05) is 0 Å². The predicted octanol–water partition coefficient (Wildman–Crippen LogP) is 6.83. The lowest BCUT2D eigenvalue weighted by atomic mass is 9.59. The van der Waals surface area contributed by atoms with Crippen LogP contribution >= 0.6 is 0 Å². The van der Waals surface area contributed by atoms with Crippen molar-refractivity contribution >= 4 is 0 Å². The van der Waals surface area contributed by atoms with E-state index in [2.05, 4.69) is 6.92 Å². The Hall–Kier alpha value is -1.36. The summed E-state index contributed by atoms with van der Waals surface area (Å²) in [6.07, 6.45) is 5.46. The zero-order valence-electron chi connectivity index (χ0n) is 16.6. The molecule has 5 heteroatoms. The highest BCUT2D eigenvalue weighted by molar-refractivity contribution is 5.44. The van der Waals surface area contributed by atoms with E-state index in [9.17, 15) is 8.78 Å². The summed E-state index contributed by atoms with van der Waals surface area (Å²) in [6, 6.07) is 2.84. The second kappa shape index (κ2) is 7.16. The summed E-state index contributed by atoms with van der Waals surface area (Å²) in [6.45, 7) is 4.13. The fourth-order valence-corrected chi connectivity index (χ4v) is 5.31. The van der Waals surface area contributed by atoms with Crippen molar-refractivity contribution in [2.24, 2.45) is 11.8 Å². The molecule has 154 valence electrons. The Morgan fingerprint density at radius 1 is 0.893 bits per heavy atom. The van der Waals surface area contributed by atoms with Crippen LogP contribution in [0.5, 0.6) is 0 Å². The normalized spacial score (nSPS) is 35.5. The van der Waals surface area contributed by atoms with Crippen LogP contribution in [0.4, 0.5) is 17.6 Å². The Bertz CT molecular complexity index is 784. The molecule has 4 aliphatic rings. The van der Waals surface area contributed by atoms with Crippen molar-refractivity contribution in [3.05, 3.63) is 46.5 Å². The molecule has 28 heavy (non-hydrogen) atoms. The molecule has 0 aromatic heterocycles. The molecule has 0 heterocycles. The average molecular weight is 396 g/mol. The van der Waals surface area contributed by atoms with Crippen molar-refractivity contribution in [1.82, 2.24) is 0 Å². The first-order valence-electron chi connectivity index (χ1n) is 10.4. The topological polar surface area (TPSA) is 9.23 Å². The number of halogens is 4. The van der Waals surface area contributed by atoms with E-state index >= 15 is 8.78 Å². The largest absolute Gasteiger partial charge is 0.367 e. The number of fused-ring (bicyclic) bond motifs is 2. The lowest BCUT2D eigenvalue weighted by Gasteiger charge is -2.51. The van der Waals surface area contributed by atoms with Gasteiger partial charge in [0.2, 0.25) is 0 Å². The van der Waals surface area contributed by atoms with E-state index in [1.165, 1.54) is 19.1 Å². The highest BCUT2D eigenvalue weighted by Gasteiger charge is 2.58. The third-order valence-corrected chi connectivity index (χ3v) is 7.45. The molecule has 1 aromatic carbocycles. The van der Waals surface area contributed by atoms with Gasteiger partial charge in [0, 0.05) is 5.56 Å². The van der Waals surface area contributed by atoms with Crippen LogP contribution in [-0.2, 0) is 10.2 Å². The smallest absolute Gasteiger partial charge is 0.164 e. The maximum Gasteiger partial charge on any atom is 0.164 e. The van der Waals surface area contributed by atoms with E-state index in [4.69, 9.17) is 4.74 Å². The lowest BCUT2D eigenvalue weighted by molar-refractivity contribution is -0.100. The second-order valence-corrected chi connectivity index (χ2v) is 9.20. The van der Waals surface area contributed by atoms with Gasteiger partial charge in [-0.2, -0.15) is 0 Å². The SMILES string of the molecule is Cc1ccc(C23CCC(OCC4CCC(C)CC4)(CC2)C(F)=C3F)c(F)c1F. The Labute approximate surface area is 164 Å². The van der Waals surface area contributed by atoms with Gasteiger partial charge in [0.25, 0.3) is 0 Å². The molecule has 2 bridgehead atoms. The molecular weight excluding hydrogens is 368 g/mol. The minimum absolute atomic E-state index is 0.0715. The molecule has 4 aliphatic carbocycles. The van der Waals surface area contributed by atoms with Crippen LogP contribution in [0.25, 0.3) is 0 Å². The van der Waals surface area contributed by atoms with Crippen LogP contribution in [0, 0.1) is 30.4 Å². The first kappa shape index (κ1) is 19.9. The van der Waals surface area contributed by atoms with Crippen LogP contribution in [0.3, 0.4) is 0 Å². The lowest BCUT2D eigenvalue weighted by Crippen LogP contribution is -2.51. The summed E-state index contributed by atoms with van der Waals surface area (Å²) in [7, 11) is 0. The zero-order valence-corrected chi connectivity index (χ0v) is 16.6. The molecule has 0 aliphatic heterocycles. The summed E-state index contributed by atoms with van der Waals surface area (Å²) in [5.41, 5.74) is -2.55. The Balaban J connectivity index is 1.59. The van der Waals surface area contributed by atoms with Crippen molar-refractivity contribution < 1.29 is 22.3 Å². The van der Waals surface area contributed by atoms with Gasteiger partial charge in [-0.05, 0) is 62.8 Å². The highest BCUT2D eigenvalue weighted by Crippen LogP contribution is 2.59. The molecule has 0 spiro atoms. The van der Waals surface area contributed by atoms with Gasteiger partial charge in [0.1, 0.15) is 11.4 Å². The minimum Gasteiger partial charge on any atom is -0.367 e. The summed E-state index contributed by atoms with van der Waals surface area (Å²) >= 11 is 0. The predicted molar refractivity (Wildman–Crippen MR) is 100 cm³/mol. The number of hydrogen-bond donors (Lipinski definition) is 0. The monoisotopic (exact) mass is 396 g/mol. The number of hydrogen-bond acceptors (Lipinski definition) is 1. The van der Waals surface area contributed by atoms with Gasteiger partial charge >= 0.3 is 0 Å². The van der Waals surface area contributed by atoms with Gasteiger partial charge in [0.05, 0.1) is 12.0 Å². The molecule has 5 rings (SSSR count). The Kier molecular flexibility index (Phi) is 5.09. The Morgan fingerprint density at radius 3 is 2.18 bits per heavy atom. The standard InChI is InChI=1S/C23H28F4O/c1-14-3-6-16(7-4-14)13-28-23-11-9-22(10-12-23,20(26)21(23)27)17-8-5-15(2)18(24)19(17)25/h5,8,14,16H,3-4,6-7,9-13H2,1-2H3. The van der Waals surface area contributed by atoms with Crippen molar-refractivity contribution in [1.29, 1.82) is 0 Å². The number of benzene rings is 1. The average Bonchev–Trinajstić information content (AvgIpc) is 2.70. The van der Waals surface area contributed by atoms with Crippen LogP contribution in [0.2, 0.25) is 0 Å². The van der Waals surface area contributed by atoms with Gasteiger partial charge in [-0.15, -0.1) is 0 Å². The summed E-state index contributed by atoms with van der Waals surface area (Å²) < 4.78 is 65.1. The molecule has 1 nitrogen and oxygen atoms in total. The second-order valence-electron chi connectivity index (χ2n) is 9.20. The van der Waals surface area contributed by atoms with E-state index in [0.29, 0.717) is 25.4 Å². The molecule has 0 radical (unpaired) electrons. The molecule has 0 amide bonds. The first-order chi connectivity index (χ1) is 13.3. The maximum atomic E-state index is 15.2. The van der Waals surface area contributed by atoms with Crippen molar-refractivity contribution in [3.8, 4) is 0 Å². The van der Waals surface area contributed by atoms with Crippen LogP contribution in [-0.4, -0.2) is 12.2 Å². The van der Waals surface area contributed by atoms with Crippen molar-refractivity contribution in [3.63, 3.8) is 0 Å². The van der Waals surface area contributed by atoms with E-state index in [-0.39, 0.29) is 24.0 Å². The summed E-state index contributed by atoms with van der Waals surface area (Å²) in [4.78, 5) is 0. The van der Waals surface area contributed by atoms with E-state index < -0.39 is 34.3 Å². The van der Waals surface area contributed by atoms with Gasteiger partial charge in [-0.25, -0.2) is 17.6 Å². The van der Waals surface area contributed by atoms with Crippen LogP contribution < -0.4 is 0 Å². The summed E-state index contributed by atoms with van der Waals surface area (Å²) in [5, 5.41) is 0. The zero-order chi connectivity index (χ0) is 20.1. The van der Waals surface area contributed by atoms with Crippen LogP contribution in [0.15, 0.2) is 23.8 Å². The van der Waals surface area contributed by atoms with Gasteiger partial charge < -0.3 is 4.74 Å². The van der Waals surface area contributed by atoms with Crippen molar-refractivity contribution in [2.75, 3.05) is 6.61 Å². The number of aryl methyl sites for hydroxylation is 1. The van der Waals surface area contributed by atoms with Gasteiger partial charge in [0.15, 0.2) is 17.5 Å². The van der Waals surface area contributed by atoms with Crippen molar-refractivity contribution in [2.45, 2.75) is 76.2 Å². The fourth-order valence-electron chi connectivity index (χ4n) is 5.31. The maximum absolute atomic E-state index is 15.2. The molecule has 0 saturated heterocycles. The fraction of sp³-hybridized carbons (Fsp3) is 0.652. The van der Waals surface area contributed by atoms with Crippen LogP contribution in [0.1, 0.15) is 69.4 Å². The molecule has 0 N–H and O–H groups in total. The highest BCUT2D eigenvalue weighted by atomic mass is 19.2. The molecule has 0 unspecified atom stereocenters. The number of allylic oxidation sites excluding steroid dienone is 1. The quantitative estimate of drug-likeness (QED) is 0.507. The van der Waals surface area contributed by atoms with Gasteiger partial charge in [-0.1, -0.05) is 31.9 Å². The summed E-state index contributed by atoms with van der Waals surface area (Å²) in [5.74, 6) is -2.81. The molecular formula is C23H28F4O. The third-order valence-electron chi connectivity index (χ3n) is 7.45. The first-order valence-corrected chi connectivity index (χ1v) is 10.4. The third kappa shape index (κ3) is 3.01. The minimum atomic E-state index is -1.41. The molecule has 1 aromatic rings. The molecule has 2 saturated carbocycles. The molecule has 0 atom stereocenters. The van der Waals surface area contributed by atoms with E-state index in [0.717, 1.165) is 31.6 Å². The molecule has 2 fully saturated rings. The Morgan fingerprint density at radius 2 is 1.54 bits per heavy atom. The number of ether oxygens (including phenoxy) is 1. The number of rotatable bonds is 4. The van der Waals surface area contributed by atoms with Gasteiger partial charge in [-0.3, -0.25) is 0 Å². The van der Waals surface area contributed by atoms with E-state index in [1.54, 1.807) is 0 Å².